The van der Waals surface area contributed by atoms with Crippen LogP contribution in [0.15, 0.2) is 12.3 Å². The standard InChI is InChI=1S/C9H13N3O2S/c13-15(14)6-9(7-15)4-10-3-8-1-2-11-12(8)5-9/h1-2,10H,3-7H2. The molecule has 1 spiro atoms. The molecule has 1 aromatic rings. The number of hydrogen-bond acceptors (Lipinski definition) is 4. The second-order valence-electron chi connectivity index (χ2n) is 4.62. The molecule has 2 aliphatic rings. The van der Waals surface area contributed by atoms with Crippen LogP contribution in [0, 0.1) is 5.41 Å². The molecule has 3 heterocycles. The molecule has 82 valence electrons. The first kappa shape index (κ1) is 9.35. The van der Waals surface area contributed by atoms with Crippen LogP contribution in [0.2, 0.25) is 0 Å². The predicted octanol–water partition coefficient (Wildman–Crippen LogP) is -0.599. The average Bonchev–Trinajstić information content (AvgIpc) is 2.43. The van der Waals surface area contributed by atoms with E-state index in [2.05, 4.69) is 10.4 Å². The summed E-state index contributed by atoms with van der Waals surface area (Å²) in [4.78, 5) is 0. The van der Waals surface area contributed by atoms with E-state index >= 15 is 0 Å². The van der Waals surface area contributed by atoms with Crippen molar-refractivity contribution in [2.45, 2.75) is 13.1 Å². The quantitative estimate of drug-likeness (QED) is 0.643. The Balaban J connectivity index is 1.90. The lowest BCUT2D eigenvalue weighted by molar-refractivity contribution is 0.271. The third kappa shape index (κ3) is 1.48. The summed E-state index contributed by atoms with van der Waals surface area (Å²) in [5.41, 5.74) is 1.02. The van der Waals surface area contributed by atoms with Gasteiger partial charge >= 0.3 is 0 Å². The second kappa shape index (κ2) is 2.82. The van der Waals surface area contributed by atoms with Gasteiger partial charge < -0.3 is 5.32 Å². The maximum atomic E-state index is 11.3. The van der Waals surface area contributed by atoms with E-state index in [0.29, 0.717) is 11.5 Å². The lowest BCUT2D eigenvalue weighted by atomic mass is 9.92. The molecule has 3 rings (SSSR count). The third-order valence-electron chi connectivity index (χ3n) is 3.15. The van der Waals surface area contributed by atoms with E-state index in [-0.39, 0.29) is 5.41 Å². The summed E-state index contributed by atoms with van der Waals surface area (Å²) in [5, 5.41) is 7.52. The van der Waals surface area contributed by atoms with Crippen molar-refractivity contribution in [2.24, 2.45) is 5.41 Å². The minimum Gasteiger partial charge on any atom is -0.310 e. The van der Waals surface area contributed by atoms with Crippen LogP contribution in [0.1, 0.15) is 5.69 Å². The average molecular weight is 227 g/mol. The highest BCUT2D eigenvalue weighted by Crippen LogP contribution is 2.35. The topological polar surface area (TPSA) is 64.0 Å². The lowest BCUT2D eigenvalue weighted by Crippen LogP contribution is -2.55. The third-order valence-corrected chi connectivity index (χ3v) is 5.25. The summed E-state index contributed by atoms with van der Waals surface area (Å²) >= 11 is 0. The fourth-order valence-corrected chi connectivity index (χ4v) is 4.73. The Morgan fingerprint density at radius 2 is 2.27 bits per heavy atom. The van der Waals surface area contributed by atoms with Crippen molar-refractivity contribution >= 4 is 9.84 Å². The lowest BCUT2D eigenvalue weighted by Gasteiger charge is -2.40. The van der Waals surface area contributed by atoms with Crippen molar-refractivity contribution in [3.63, 3.8) is 0 Å². The van der Waals surface area contributed by atoms with Crippen molar-refractivity contribution in [1.29, 1.82) is 0 Å². The molecule has 6 heteroatoms. The number of fused-ring (bicyclic) bond motifs is 1. The Morgan fingerprint density at radius 3 is 3.00 bits per heavy atom. The van der Waals surface area contributed by atoms with E-state index in [1.807, 2.05) is 10.7 Å². The number of sulfone groups is 1. The molecule has 0 radical (unpaired) electrons. The zero-order valence-corrected chi connectivity index (χ0v) is 9.13. The summed E-state index contributed by atoms with van der Waals surface area (Å²) in [6, 6.07) is 1.97. The Morgan fingerprint density at radius 1 is 1.47 bits per heavy atom. The van der Waals surface area contributed by atoms with Gasteiger partial charge in [0.1, 0.15) is 0 Å². The highest BCUT2D eigenvalue weighted by atomic mass is 32.2. The van der Waals surface area contributed by atoms with E-state index in [9.17, 15) is 8.42 Å². The minimum atomic E-state index is -2.77. The summed E-state index contributed by atoms with van der Waals surface area (Å²) in [5.74, 6) is 0.596. The summed E-state index contributed by atoms with van der Waals surface area (Å²) in [6.07, 6.45) is 1.77. The molecule has 0 bridgehead atoms. The first-order valence-electron chi connectivity index (χ1n) is 5.01. The van der Waals surface area contributed by atoms with Crippen LogP contribution in [0.4, 0.5) is 0 Å². The smallest absolute Gasteiger partial charge is 0.151 e. The number of hydrogen-bond donors (Lipinski definition) is 1. The van der Waals surface area contributed by atoms with E-state index in [1.54, 1.807) is 6.20 Å². The van der Waals surface area contributed by atoms with E-state index in [0.717, 1.165) is 25.3 Å². The molecule has 1 fully saturated rings. The Bertz CT molecular complexity index is 479. The monoisotopic (exact) mass is 227 g/mol. The van der Waals surface area contributed by atoms with Crippen LogP contribution < -0.4 is 5.32 Å². The van der Waals surface area contributed by atoms with E-state index in [4.69, 9.17) is 0 Å². The molecular weight excluding hydrogens is 214 g/mol. The Hall–Kier alpha value is -0.880. The maximum absolute atomic E-state index is 11.3. The molecule has 1 aromatic heterocycles. The molecule has 1 N–H and O–H groups in total. The van der Waals surface area contributed by atoms with Gasteiger partial charge in [-0.15, -0.1) is 0 Å². The summed E-state index contributed by atoms with van der Waals surface area (Å²) in [6.45, 7) is 2.28. The van der Waals surface area contributed by atoms with Crippen LogP contribution >= 0.6 is 0 Å². The van der Waals surface area contributed by atoms with Gasteiger partial charge in [0.05, 0.1) is 23.7 Å². The summed E-state index contributed by atoms with van der Waals surface area (Å²) < 4.78 is 24.5. The van der Waals surface area contributed by atoms with Crippen LogP contribution in [0.3, 0.4) is 0 Å². The van der Waals surface area contributed by atoms with Gasteiger partial charge in [0.15, 0.2) is 9.84 Å². The van der Waals surface area contributed by atoms with Gasteiger partial charge in [-0.05, 0) is 6.07 Å². The highest BCUT2D eigenvalue weighted by Gasteiger charge is 2.49. The molecule has 0 aromatic carbocycles. The zero-order valence-electron chi connectivity index (χ0n) is 8.31. The number of nitrogens with one attached hydrogen (secondary N) is 1. The molecule has 1 saturated heterocycles. The van der Waals surface area contributed by atoms with Gasteiger partial charge in [0, 0.05) is 24.7 Å². The maximum Gasteiger partial charge on any atom is 0.151 e. The molecule has 0 unspecified atom stereocenters. The second-order valence-corrected chi connectivity index (χ2v) is 6.68. The predicted molar refractivity (Wildman–Crippen MR) is 55.0 cm³/mol. The van der Waals surface area contributed by atoms with Gasteiger partial charge in [0.25, 0.3) is 0 Å². The fraction of sp³-hybridized carbons (Fsp3) is 0.667. The van der Waals surface area contributed by atoms with E-state index < -0.39 is 9.84 Å². The number of aromatic nitrogens is 2. The van der Waals surface area contributed by atoms with Gasteiger partial charge in [0.2, 0.25) is 0 Å². The van der Waals surface area contributed by atoms with Crippen molar-refractivity contribution in [1.82, 2.24) is 15.1 Å². The van der Waals surface area contributed by atoms with Crippen molar-refractivity contribution in [3.8, 4) is 0 Å². The number of nitrogens with zero attached hydrogens (tertiary/aromatic N) is 2. The van der Waals surface area contributed by atoms with Gasteiger partial charge in [-0.2, -0.15) is 5.10 Å². The molecule has 15 heavy (non-hydrogen) atoms. The van der Waals surface area contributed by atoms with Crippen LogP contribution in [-0.4, -0.2) is 36.2 Å². The summed E-state index contributed by atoms with van der Waals surface area (Å²) in [7, 11) is -2.77. The Labute approximate surface area is 88.4 Å². The first-order valence-corrected chi connectivity index (χ1v) is 6.83. The molecule has 5 nitrogen and oxygen atoms in total. The van der Waals surface area contributed by atoms with Crippen LogP contribution in [0.5, 0.6) is 0 Å². The van der Waals surface area contributed by atoms with Gasteiger partial charge in [-0.25, -0.2) is 8.42 Å². The van der Waals surface area contributed by atoms with E-state index in [1.165, 1.54) is 0 Å². The van der Waals surface area contributed by atoms with Crippen molar-refractivity contribution in [2.75, 3.05) is 18.1 Å². The largest absolute Gasteiger partial charge is 0.310 e. The van der Waals surface area contributed by atoms with Crippen molar-refractivity contribution < 1.29 is 8.42 Å². The normalized spacial score (nSPS) is 26.7. The van der Waals surface area contributed by atoms with Gasteiger partial charge in [-0.1, -0.05) is 0 Å². The number of rotatable bonds is 0. The molecule has 2 aliphatic heterocycles. The Kier molecular flexibility index (Phi) is 1.76. The molecule has 0 saturated carbocycles. The molecule has 0 amide bonds. The molecule has 0 aliphatic carbocycles. The highest BCUT2D eigenvalue weighted by molar-refractivity contribution is 7.92. The van der Waals surface area contributed by atoms with Crippen molar-refractivity contribution in [3.05, 3.63) is 18.0 Å². The molecular formula is C9H13N3O2S. The zero-order chi connectivity index (χ0) is 10.5. The fourth-order valence-electron chi connectivity index (χ4n) is 2.57. The minimum absolute atomic E-state index is 0.115. The SMILES string of the molecule is O=S1(=O)CC2(CNCc3ccnn3C2)C1. The first-order chi connectivity index (χ1) is 7.09. The van der Waals surface area contributed by atoms with Crippen LogP contribution in [-0.2, 0) is 22.9 Å². The van der Waals surface area contributed by atoms with Gasteiger partial charge in [-0.3, -0.25) is 4.68 Å². The van der Waals surface area contributed by atoms with Crippen LogP contribution in [0.25, 0.3) is 0 Å². The molecule has 0 atom stereocenters.